The Bertz CT molecular complexity index is 232. The lowest BCUT2D eigenvalue weighted by Gasteiger charge is -2.09. The van der Waals surface area contributed by atoms with Crippen LogP contribution in [0.1, 0.15) is 25.8 Å². The van der Waals surface area contributed by atoms with Gasteiger partial charge in [0.05, 0.1) is 6.04 Å². The fourth-order valence-corrected chi connectivity index (χ4v) is 0.666. The second kappa shape index (κ2) is 2.87. The van der Waals surface area contributed by atoms with Crippen LogP contribution in [-0.4, -0.2) is 10.2 Å². The molecule has 0 bridgehead atoms. The van der Waals surface area contributed by atoms with E-state index >= 15 is 0 Å². The van der Waals surface area contributed by atoms with Crippen LogP contribution in [0.4, 0.5) is 6.01 Å². The van der Waals surface area contributed by atoms with Gasteiger partial charge in [-0.25, -0.2) is 0 Å². The maximum atomic E-state index is 5.70. The van der Waals surface area contributed by atoms with Crippen LogP contribution in [0.25, 0.3) is 0 Å². The summed E-state index contributed by atoms with van der Waals surface area (Å²) in [5.41, 5.74) is 10.9. The first-order chi connectivity index (χ1) is 5.11. The lowest BCUT2D eigenvalue weighted by Crippen LogP contribution is -2.16. The monoisotopic (exact) mass is 156 g/mol. The number of hydrogen-bond donors (Lipinski definition) is 2. The third kappa shape index (κ3) is 1.68. The van der Waals surface area contributed by atoms with Crippen molar-refractivity contribution in [2.75, 3.05) is 5.73 Å². The van der Waals surface area contributed by atoms with E-state index in [1.165, 1.54) is 0 Å². The maximum absolute atomic E-state index is 5.70. The van der Waals surface area contributed by atoms with Crippen molar-refractivity contribution in [2.45, 2.75) is 19.9 Å². The normalized spacial score (nSPS) is 13.8. The second-order valence-electron chi connectivity index (χ2n) is 2.75. The molecule has 1 atom stereocenters. The van der Waals surface area contributed by atoms with E-state index in [4.69, 9.17) is 15.9 Å². The number of rotatable bonds is 2. The lowest BCUT2D eigenvalue weighted by molar-refractivity contribution is 0.395. The van der Waals surface area contributed by atoms with Crippen molar-refractivity contribution < 1.29 is 4.42 Å². The van der Waals surface area contributed by atoms with Crippen LogP contribution >= 0.6 is 0 Å². The number of hydrogen-bond acceptors (Lipinski definition) is 5. The van der Waals surface area contributed by atoms with Gasteiger partial charge in [-0.05, 0) is 5.92 Å². The standard InChI is InChI=1S/C6H12N4O/c1-3(2)4(7)5-9-10-6(8)11-5/h3-4H,7H2,1-2H3,(H2,8,10)/t4-/m0/s1. The highest BCUT2D eigenvalue weighted by Gasteiger charge is 2.16. The van der Waals surface area contributed by atoms with E-state index in [2.05, 4.69) is 10.2 Å². The quantitative estimate of drug-likeness (QED) is 0.642. The van der Waals surface area contributed by atoms with Crippen LogP contribution in [0.5, 0.6) is 0 Å². The molecule has 0 amide bonds. The van der Waals surface area contributed by atoms with Gasteiger partial charge < -0.3 is 15.9 Å². The van der Waals surface area contributed by atoms with E-state index in [0.29, 0.717) is 5.89 Å². The van der Waals surface area contributed by atoms with Gasteiger partial charge in [0.15, 0.2) is 0 Å². The summed E-state index contributed by atoms with van der Waals surface area (Å²) in [6.45, 7) is 3.95. The molecule has 0 saturated heterocycles. The molecule has 0 fully saturated rings. The van der Waals surface area contributed by atoms with Crippen LogP contribution < -0.4 is 11.5 Å². The van der Waals surface area contributed by atoms with Crippen molar-refractivity contribution in [1.82, 2.24) is 10.2 Å². The Labute approximate surface area is 64.8 Å². The van der Waals surface area contributed by atoms with Crippen molar-refractivity contribution in [2.24, 2.45) is 11.7 Å². The number of nitrogen functional groups attached to an aromatic ring is 1. The molecule has 0 aliphatic heterocycles. The van der Waals surface area contributed by atoms with Gasteiger partial charge in [-0.3, -0.25) is 0 Å². The van der Waals surface area contributed by atoms with Crippen molar-refractivity contribution in [3.8, 4) is 0 Å². The summed E-state index contributed by atoms with van der Waals surface area (Å²) in [5.74, 6) is 0.673. The molecule has 1 rings (SSSR count). The largest absolute Gasteiger partial charge is 0.407 e. The number of nitrogens with zero attached hydrogens (tertiary/aromatic N) is 2. The summed E-state index contributed by atoms with van der Waals surface area (Å²) in [7, 11) is 0. The molecule has 1 aromatic heterocycles. The highest BCUT2D eigenvalue weighted by molar-refractivity contribution is 5.06. The van der Waals surface area contributed by atoms with Gasteiger partial charge in [0.25, 0.3) is 0 Å². The van der Waals surface area contributed by atoms with Crippen molar-refractivity contribution in [3.05, 3.63) is 5.89 Å². The Morgan fingerprint density at radius 2 is 2.00 bits per heavy atom. The summed E-state index contributed by atoms with van der Waals surface area (Å²) in [4.78, 5) is 0. The minimum absolute atomic E-state index is 0.0658. The van der Waals surface area contributed by atoms with E-state index in [1.54, 1.807) is 0 Å². The van der Waals surface area contributed by atoms with Gasteiger partial charge in [0.1, 0.15) is 0 Å². The predicted molar refractivity (Wildman–Crippen MR) is 40.5 cm³/mol. The number of aromatic nitrogens is 2. The first-order valence-electron chi connectivity index (χ1n) is 3.45. The molecule has 0 spiro atoms. The highest BCUT2D eigenvalue weighted by Crippen LogP contribution is 2.17. The number of nitrogens with two attached hydrogens (primary N) is 2. The Hall–Kier alpha value is -1.10. The Kier molecular flexibility index (Phi) is 2.09. The number of anilines is 1. The molecule has 0 aliphatic carbocycles. The third-order valence-corrected chi connectivity index (χ3v) is 1.46. The van der Waals surface area contributed by atoms with Gasteiger partial charge >= 0.3 is 6.01 Å². The van der Waals surface area contributed by atoms with E-state index in [0.717, 1.165) is 0 Å². The molecule has 0 radical (unpaired) electrons. The van der Waals surface area contributed by atoms with Crippen LogP contribution in [0.3, 0.4) is 0 Å². The average molecular weight is 156 g/mol. The summed E-state index contributed by atoms with van der Waals surface area (Å²) in [6, 6.07) is -0.157. The van der Waals surface area contributed by atoms with Gasteiger partial charge in [-0.15, -0.1) is 5.10 Å². The van der Waals surface area contributed by atoms with Gasteiger partial charge in [0.2, 0.25) is 5.89 Å². The Balaban J connectivity index is 2.76. The molecule has 0 aromatic carbocycles. The Morgan fingerprint density at radius 1 is 1.36 bits per heavy atom. The van der Waals surface area contributed by atoms with Crippen LogP contribution in [0.2, 0.25) is 0 Å². The first-order valence-corrected chi connectivity index (χ1v) is 3.45. The molecular formula is C6H12N4O. The first kappa shape index (κ1) is 8.00. The van der Waals surface area contributed by atoms with E-state index in [1.807, 2.05) is 13.8 Å². The van der Waals surface area contributed by atoms with Crippen molar-refractivity contribution in [3.63, 3.8) is 0 Å². The van der Waals surface area contributed by atoms with E-state index in [-0.39, 0.29) is 18.0 Å². The molecule has 0 unspecified atom stereocenters. The summed E-state index contributed by atoms with van der Waals surface area (Å²) >= 11 is 0. The summed E-state index contributed by atoms with van der Waals surface area (Å²) in [6.07, 6.45) is 0. The van der Waals surface area contributed by atoms with Gasteiger partial charge in [-0.2, -0.15) is 0 Å². The third-order valence-electron chi connectivity index (χ3n) is 1.46. The smallest absolute Gasteiger partial charge is 0.312 e. The minimum atomic E-state index is -0.222. The zero-order valence-electron chi connectivity index (χ0n) is 6.61. The average Bonchev–Trinajstić information content (AvgIpc) is 2.34. The lowest BCUT2D eigenvalue weighted by atomic mass is 10.1. The Morgan fingerprint density at radius 3 is 2.36 bits per heavy atom. The second-order valence-corrected chi connectivity index (χ2v) is 2.75. The highest BCUT2D eigenvalue weighted by atomic mass is 16.4. The van der Waals surface area contributed by atoms with Crippen LogP contribution in [0, 0.1) is 5.92 Å². The van der Waals surface area contributed by atoms with Crippen LogP contribution in [-0.2, 0) is 0 Å². The molecular weight excluding hydrogens is 144 g/mol. The van der Waals surface area contributed by atoms with E-state index < -0.39 is 0 Å². The fourth-order valence-electron chi connectivity index (χ4n) is 0.666. The molecule has 1 heterocycles. The van der Waals surface area contributed by atoms with Gasteiger partial charge in [-0.1, -0.05) is 18.9 Å². The van der Waals surface area contributed by atoms with Gasteiger partial charge in [0, 0.05) is 0 Å². The topological polar surface area (TPSA) is 91.0 Å². The van der Waals surface area contributed by atoms with E-state index in [9.17, 15) is 0 Å². The molecule has 11 heavy (non-hydrogen) atoms. The summed E-state index contributed by atoms with van der Waals surface area (Å²) in [5, 5.41) is 7.17. The molecule has 5 nitrogen and oxygen atoms in total. The maximum Gasteiger partial charge on any atom is 0.312 e. The molecule has 62 valence electrons. The zero-order valence-corrected chi connectivity index (χ0v) is 6.61. The fraction of sp³-hybridized carbons (Fsp3) is 0.667. The molecule has 1 aromatic rings. The molecule has 4 N–H and O–H groups in total. The summed E-state index contributed by atoms with van der Waals surface area (Å²) < 4.78 is 4.94. The van der Waals surface area contributed by atoms with Crippen molar-refractivity contribution in [1.29, 1.82) is 0 Å². The van der Waals surface area contributed by atoms with Crippen LogP contribution in [0.15, 0.2) is 4.42 Å². The molecule has 0 saturated carbocycles. The predicted octanol–water partition coefficient (Wildman–Crippen LogP) is 0.308. The SMILES string of the molecule is CC(C)[C@H](N)c1nnc(N)o1. The zero-order chi connectivity index (χ0) is 8.43. The minimum Gasteiger partial charge on any atom is -0.407 e. The molecule has 5 heteroatoms. The van der Waals surface area contributed by atoms with Crippen molar-refractivity contribution >= 4 is 6.01 Å². The molecule has 0 aliphatic rings.